The summed E-state index contributed by atoms with van der Waals surface area (Å²) < 4.78 is 2.94. The van der Waals surface area contributed by atoms with Crippen LogP contribution in [0.2, 0.25) is 0 Å². The highest BCUT2D eigenvalue weighted by molar-refractivity contribution is 9.10. The molecule has 2 heterocycles. The Balaban J connectivity index is 1.94. The number of fused-ring (bicyclic) bond motifs is 1. The minimum Gasteiger partial charge on any atom is -0.364 e. The average Bonchev–Trinajstić information content (AvgIpc) is 2.69. The monoisotopic (exact) mass is 321 g/mol. The number of benzene rings is 1. The zero-order valence-electron chi connectivity index (χ0n) is 10.9. The highest BCUT2D eigenvalue weighted by Gasteiger charge is 2.18. The zero-order chi connectivity index (χ0) is 13.2. The van der Waals surface area contributed by atoms with Gasteiger partial charge in [0.1, 0.15) is 0 Å². The standard InChI is InChI=1S/C13H16BrN5/c1-18-13(15-16-17-18)9-19-8-3-2-5-10-11(14)6-4-7-12(10)19/h4,6-7H,2-3,5,8-9H2,1H3. The van der Waals surface area contributed by atoms with Crippen LogP contribution in [0.15, 0.2) is 22.7 Å². The van der Waals surface area contributed by atoms with Crippen molar-refractivity contribution >= 4 is 21.6 Å². The van der Waals surface area contributed by atoms with Gasteiger partial charge in [-0.25, -0.2) is 4.68 Å². The molecule has 0 saturated carbocycles. The third kappa shape index (κ3) is 2.49. The molecule has 0 aliphatic carbocycles. The number of rotatable bonds is 2. The van der Waals surface area contributed by atoms with Crippen LogP contribution < -0.4 is 4.90 Å². The Kier molecular flexibility index (Phi) is 3.50. The van der Waals surface area contributed by atoms with E-state index < -0.39 is 0 Å². The number of anilines is 1. The fourth-order valence-electron chi connectivity index (χ4n) is 2.53. The van der Waals surface area contributed by atoms with E-state index in [0.717, 1.165) is 25.3 Å². The van der Waals surface area contributed by atoms with Crippen molar-refractivity contribution in [3.8, 4) is 0 Å². The highest BCUT2D eigenvalue weighted by atomic mass is 79.9. The summed E-state index contributed by atoms with van der Waals surface area (Å²) in [5.41, 5.74) is 2.70. The molecule has 0 spiro atoms. The van der Waals surface area contributed by atoms with Crippen molar-refractivity contribution in [2.45, 2.75) is 25.8 Å². The Bertz CT molecular complexity index is 580. The minimum atomic E-state index is 0.757. The first-order chi connectivity index (χ1) is 9.25. The summed E-state index contributed by atoms with van der Waals surface area (Å²) in [6, 6.07) is 6.40. The number of hydrogen-bond acceptors (Lipinski definition) is 4. The van der Waals surface area contributed by atoms with Crippen molar-refractivity contribution in [2.24, 2.45) is 7.05 Å². The predicted molar refractivity (Wildman–Crippen MR) is 76.9 cm³/mol. The van der Waals surface area contributed by atoms with Crippen molar-refractivity contribution in [2.75, 3.05) is 11.4 Å². The van der Waals surface area contributed by atoms with Crippen LogP contribution in [-0.4, -0.2) is 26.8 Å². The number of aromatic nitrogens is 4. The van der Waals surface area contributed by atoms with Crippen LogP contribution in [-0.2, 0) is 20.0 Å². The van der Waals surface area contributed by atoms with Crippen LogP contribution >= 0.6 is 15.9 Å². The van der Waals surface area contributed by atoms with Crippen molar-refractivity contribution < 1.29 is 0 Å². The Morgan fingerprint density at radius 1 is 1.32 bits per heavy atom. The molecule has 100 valence electrons. The van der Waals surface area contributed by atoms with Crippen molar-refractivity contribution in [1.82, 2.24) is 20.2 Å². The van der Waals surface area contributed by atoms with Crippen LogP contribution in [0.3, 0.4) is 0 Å². The molecule has 6 heteroatoms. The second-order valence-electron chi connectivity index (χ2n) is 4.83. The van der Waals surface area contributed by atoms with Gasteiger partial charge in [-0.2, -0.15) is 0 Å². The Morgan fingerprint density at radius 3 is 3.00 bits per heavy atom. The van der Waals surface area contributed by atoms with E-state index >= 15 is 0 Å². The molecule has 0 amide bonds. The van der Waals surface area contributed by atoms with Gasteiger partial charge >= 0.3 is 0 Å². The highest BCUT2D eigenvalue weighted by Crippen LogP contribution is 2.32. The SMILES string of the molecule is Cn1nnnc1CN1CCCCc2c(Br)cccc21. The molecule has 5 nitrogen and oxygen atoms in total. The predicted octanol–water partition coefficient (Wildman–Crippen LogP) is 2.32. The van der Waals surface area contributed by atoms with E-state index in [1.165, 1.54) is 28.6 Å². The van der Waals surface area contributed by atoms with Crippen molar-refractivity contribution in [3.63, 3.8) is 0 Å². The summed E-state index contributed by atoms with van der Waals surface area (Å²) in [7, 11) is 1.88. The minimum absolute atomic E-state index is 0.757. The number of halogens is 1. The molecule has 0 bridgehead atoms. The normalized spacial score (nSPS) is 15.2. The van der Waals surface area contributed by atoms with Gasteiger partial charge in [-0.15, -0.1) is 5.10 Å². The molecule has 0 atom stereocenters. The Hall–Kier alpha value is -1.43. The van der Waals surface area contributed by atoms with Gasteiger partial charge in [0.2, 0.25) is 0 Å². The van der Waals surface area contributed by atoms with Crippen LogP contribution in [0.5, 0.6) is 0 Å². The fourth-order valence-corrected chi connectivity index (χ4v) is 3.09. The van der Waals surface area contributed by atoms with Gasteiger partial charge in [-0.05, 0) is 47.4 Å². The lowest BCUT2D eigenvalue weighted by Crippen LogP contribution is -2.25. The first-order valence-electron chi connectivity index (χ1n) is 6.49. The summed E-state index contributed by atoms with van der Waals surface area (Å²) >= 11 is 3.66. The number of nitrogens with zero attached hydrogens (tertiary/aromatic N) is 5. The average molecular weight is 322 g/mol. The maximum atomic E-state index is 4.08. The number of hydrogen-bond donors (Lipinski definition) is 0. The third-order valence-corrected chi connectivity index (χ3v) is 4.32. The first-order valence-corrected chi connectivity index (χ1v) is 7.28. The lowest BCUT2D eigenvalue weighted by molar-refractivity contribution is 0.645. The van der Waals surface area contributed by atoms with E-state index in [9.17, 15) is 0 Å². The molecule has 1 aliphatic rings. The zero-order valence-corrected chi connectivity index (χ0v) is 12.5. The van der Waals surface area contributed by atoms with Gasteiger partial charge in [0.05, 0.1) is 6.54 Å². The summed E-state index contributed by atoms with van der Waals surface area (Å²) in [6.45, 7) is 1.81. The maximum absolute atomic E-state index is 4.08. The van der Waals surface area contributed by atoms with E-state index in [4.69, 9.17) is 0 Å². The van der Waals surface area contributed by atoms with E-state index in [0.29, 0.717) is 0 Å². The second-order valence-corrected chi connectivity index (χ2v) is 5.69. The molecule has 3 rings (SSSR count). The Morgan fingerprint density at radius 2 is 2.21 bits per heavy atom. The maximum Gasteiger partial charge on any atom is 0.170 e. The molecule has 0 N–H and O–H groups in total. The second kappa shape index (κ2) is 5.28. The van der Waals surface area contributed by atoms with Gasteiger partial charge in [-0.1, -0.05) is 22.0 Å². The summed E-state index contributed by atoms with van der Waals surface area (Å²) in [5, 5.41) is 11.7. The summed E-state index contributed by atoms with van der Waals surface area (Å²) in [5.74, 6) is 0.896. The first kappa shape index (κ1) is 12.6. The molecular formula is C13H16BrN5. The van der Waals surface area contributed by atoms with Gasteiger partial charge < -0.3 is 4.90 Å². The quantitative estimate of drug-likeness (QED) is 0.851. The molecule has 1 aromatic heterocycles. The van der Waals surface area contributed by atoms with E-state index in [2.05, 4.69) is 54.6 Å². The van der Waals surface area contributed by atoms with Gasteiger partial charge in [0.15, 0.2) is 5.82 Å². The van der Waals surface area contributed by atoms with E-state index in [1.807, 2.05) is 7.05 Å². The fraction of sp³-hybridized carbons (Fsp3) is 0.462. The molecule has 0 unspecified atom stereocenters. The topological polar surface area (TPSA) is 46.8 Å². The van der Waals surface area contributed by atoms with E-state index in [-0.39, 0.29) is 0 Å². The summed E-state index contributed by atoms with van der Waals surface area (Å²) in [6.07, 6.45) is 3.56. The molecular weight excluding hydrogens is 306 g/mol. The van der Waals surface area contributed by atoms with Crippen LogP contribution in [0, 0.1) is 0 Å². The van der Waals surface area contributed by atoms with Crippen molar-refractivity contribution in [1.29, 1.82) is 0 Å². The number of tetrazole rings is 1. The molecule has 0 saturated heterocycles. The smallest absolute Gasteiger partial charge is 0.170 e. The Labute approximate surface area is 120 Å². The van der Waals surface area contributed by atoms with Crippen LogP contribution in [0.4, 0.5) is 5.69 Å². The van der Waals surface area contributed by atoms with Gasteiger partial charge in [0.25, 0.3) is 0 Å². The molecule has 19 heavy (non-hydrogen) atoms. The van der Waals surface area contributed by atoms with Crippen LogP contribution in [0.1, 0.15) is 24.2 Å². The van der Waals surface area contributed by atoms with Gasteiger partial charge in [0, 0.05) is 23.8 Å². The van der Waals surface area contributed by atoms with Gasteiger partial charge in [-0.3, -0.25) is 0 Å². The lowest BCUT2D eigenvalue weighted by atomic mass is 10.1. The van der Waals surface area contributed by atoms with Crippen molar-refractivity contribution in [3.05, 3.63) is 34.1 Å². The molecule has 1 aliphatic heterocycles. The third-order valence-electron chi connectivity index (χ3n) is 3.58. The summed E-state index contributed by atoms with van der Waals surface area (Å²) in [4.78, 5) is 2.37. The molecule has 0 fully saturated rings. The largest absolute Gasteiger partial charge is 0.364 e. The van der Waals surface area contributed by atoms with Crippen LogP contribution in [0.25, 0.3) is 0 Å². The molecule has 1 aromatic carbocycles. The number of aryl methyl sites for hydroxylation is 1. The lowest BCUT2D eigenvalue weighted by Gasteiger charge is -2.24. The molecule has 0 radical (unpaired) electrons. The molecule has 2 aromatic rings. The van der Waals surface area contributed by atoms with E-state index in [1.54, 1.807) is 4.68 Å².